The number of unbranched alkanes of at least 4 members (excludes halogenated alkanes) is 42. The van der Waals surface area contributed by atoms with E-state index in [0.717, 1.165) is 38.5 Å². The number of ether oxygens (including phenoxy) is 4. The summed E-state index contributed by atoms with van der Waals surface area (Å²) in [5, 5.41) is 87.4. The molecule has 2 heterocycles. The summed E-state index contributed by atoms with van der Waals surface area (Å²) >= 11 is 0. The maximum absolute atomic E-state index is 13.3. The van der Waals surface area contributed by atoms with E-state index in [0.29, 0.717) is 12.8 Å². The number of carbonyl (C=O) groups excluding carboxylic acids is 1. The molecule has 88 heavy (non-hydrogen) atoms. The molecule has 0 radical (unpaired) electrons. The predicted octanol–water partition coefficient (Wildman–Crippen LogP) is 15.5. The predicted molar refractivity (Wildman–Crippen MR) is 360 cm³/mol. The summed E-state index contributed by atoms with van der Waals surface area (Å²) in [5.74, 6) is -0.244. The average molecular weight is 1250 g/mol. The molecule has 516 valence electrons. The van der Waals surface area contributed by atoms with Crippen molar-refractivity contribution in [2.75, 3.05) is 19.8 Å². The van der Waals surface area contributed by atoms with Gasteiger partial charge in [0.05, 0.1) is 32.0 Å². The molecule has 12 atom stereocenters. The highest BCUT2D eigenvalue weighted by atomic mass is 16.7. The Hall–Kier alpha value is -2.05. The van der Waals surface area contributed by atoms with Gasteiger partial charge in [-0.05, 0) is 64.2 Å². The van der Waals surface area contributed by atoms with Gasteiger partial charge in [-0.25, -0.2) is 0 Å². The molecule has 0 spiro atoms. The maximum atomic E-state index is 13.3. The number of aliphatic hydroxyl groups is 8. The molecule has 2 rings (SSSR count). The molecular weight excluding hydrogens is 1110 g/mol. The molecule has 2 fully saturated rings. The van der Waals surface area contributed by atoms with Gasteiger partial charge in [-0.15, -0.1) is 0 Å². The van der Waals surface area contributed by atoms with Crippen LogP contribution < -0.4 is 5.32 Å². The standard InChI is InChI=1S/C74H137NO13/c1-3-5-7-9-11-13-15-17-19-21-23-25-26-27-28-29-30-31-32-33-34-35-36-38-40-42-44-46-48-50-52-54-56-58-66(79)75-62(63(78)57-55-53-51-49-47-45-43-41-39-37-24-22-20-18-16-14-12-10-8-6-4-2)61-85-73-71(84)69(82)72(65(60-77)87-73)88-74-70(83)68(81)67(80)64(59-76)86-74/h15,17,21,23,47,49,55,57,62-65,67-74,76-78,80-84H,3-14,16,18-20,22,24-46,48,50-54,56,58-61H2,1-2H3,(H,75,79)/b17-15-,23-21-,49-47+,57-55+. The summed E-state index contributed by atoms with van der Waals surface area (Å²) in [7, 11) is 0. The summed E-state index contributed by atoms with van der Waals surface area (Å²) in [6.45, 7) is 2.81. The normalized spacial score (nSPS) is 23.4. The van der Waals surface area contributed by atoms with Crippen LogP contribution in [0.4, 0.5) is 0 Å². The second-order valence-electron chi connectivity index (χ2n) is 26.1. The average Bonchev–Trinajstić information content (AvgIpc) is 2.07. The maximum Gasteiger partial charge on any atom is 0.220 e. The summed E-state index contributed by atoms with van der Waals surface area (Å²) in [6, 6.07) is -0.932. The minimum absolute atomic E-state index is 0.244. The van der Waals surface area contributed by atoms with E-state index in [2.05, 4.69) is 55.6 Å². The summed E-state index contributed by atoms with van der Waals surface area (Å²) in [4.78, 5) is 13.3. The molecule has 2 aliphatic rings. The number of hydrogen-bond acceptors (Lipinski definition) is 13. The zero-order valence-electron chi connectivity index (χ0n) is 56.2. The molecular formula is C74H137NO13. The van der Waals surface area contributed by atoms with Crippen molar-refractivity contribution in [3.63, 3.8) is 0 Å². The number of amides is 1. The van der Waals surface area contributed by atoms with Gasteiger partial charge in [-0.1, -0.05) is 300 Å². The van der Waals surface area contributed by atoms with Gasteiger partial charge in [0.25, 0.3) is 0 Å². The smallest absolute Gasteiger partial charge is 0.220 e. The Morgan fingerprint density at radius 3 is 1.18 bits per heavy atom. The van der Waals surface area contributed by atoms with E-state index in [-0.39, 0.29) is 18.9 Å². The third-order valence-electron chi connectivity index (χ3n) is 18.0. The zero-order chi connectivity index (χ0) is 63.8. The van der Waals surface area contributed by atoms with E-state index in [1.165, 1.54) is 250 Å². The number of allylic oxidation sites excluding steroid dienone is 7. The van der Waals surface area contributed by atoms with Crippen molar-refractivity contribution in [2.24, 2.45) is 0 Å². The quantitative estimate of drug-likeness (QED) is 0.0204. The van der Waals surface area contributed by atoms with Crippen molar-refractivity contribution < 1.29 is 64.6 Å². The molecule has 9 N–H and O–H groups in total. The highest BCUT2D eigenvalue weighted by Crippen LogP contribution is 2.30. The molecule has 14 heteroatoms. The highest BCUT2D eigenvalue weighted by Gasteiger charge is 2.51. The van der Waals surface area contributed by atoms with Gasteiger partial charge in [0, 0.05) is 6.42 Å². The molecule has 0 aromatic rings. The fourth-order valence-electron chi connectivity index (χ4n) is 12.1. The van der Waals surface area contributed by atoms with E-state index in [4.69, 9.17) is 18.9 Å². The van der Waals surface area contributed by atoms with Gasteiger partial charge >= 0.3 is 0 Å². The van der Waals surface area contributed by atoms with Crippen molar-refractivity contribution >= 4 is 5.91 Å². The Bertz CT molecular complexity index is 1660. The van der Waals surface area contributed by atoms with Crippen LogP contribution in [-0.2, 0) is 23.7 Å². The number of rotatable bonds is 61. The monoisotopic (exact) mass is 1250 g/mol. The fraction of sp³-hybridized carbons (Fsp3) is 0.878. The van der Waals surface area contributed by atoms with Gasteiger partial charge in [0.2, 0.25) is 5.91 Å². The lowest BCUT2D eigenvalue weighted by Crippen LogP contribution is -2.65. The second-order valence-corrected chi connectivity index (χ2v) is 26.1. The van der Waals surface area contributed by atoms with Crippen LogP contribution in [0.5, 0.6) is 0 Å². The van der Waals surface area contributed by atoms with Gasteiger partial charge in [0.15, 0.2) is 12.6 Å². The molecule has 0 aromatic heterocycles. The van der Waals surface area contributed by atoms with E-state index >= 15 is 0 Å². The Labute approximate surface area is 537 Å². The minimum Gasteiger partial charge on any atom is -0.394 e. The highest BCUT2D eigenvalue weighted by molar-refractivity contribution is 5.76. The Morgan fingerprint density at radius 1 is 0.409 bits per heavy atom. The molecule has 2 aliphatic heterocycles. The topological polar surface area (TPSA) is 228 Å². The fourth-order valence-corrected chi connectivity index (χ4v) is 12.1. The summed E-state index contributed by atoms with van der Waals surface area (Å²) < 4.78 is 22.9. The van der Waals surface area contributed by atoms with Gasteiger partial charge in [0.1, 0.15) is 48.8 Å². The van der Waals surface area contributed by atoms with Gasteiger partial charge < -0.3 is 65.1 Å². The van der Waals surface area contributed by atoms with Crippen molar-refractivity contribution in [2.45, 2.75) is 396 Å². The van der Waals surface area contributed by atoms with E-state index in [1.807, 2.05) is 6.08 Å². The van der Waals surface area contributed by atoms with Gasteiger partial charge in [-0.2, -0.15) is 0 Å². The zero-order valence-corrected chi connectivity index (χ0v) is 56.2. The number of carbonyl (C=O) groups is 1. The van der Waals surface area contributed by atoms with Crippen LogP contribution in [0, 0.1) is 0 Å². The van der Waals surface area contributed by atoms with Crippen LogP contribution in [0.25, 0.3) is 0 Å². The van der Waals surface area contributed by atoms with Crippen LogP contribution in [-0.4, -0.2) is 140 Å². The number of aliphatic hydroxyl groups excluding tert-OH is 8. The minimum atomic E-state index is -1.79. The Balaban J connectivity index is 1.64. The second kappa shape index (κ2) is 58.7. The third kappa shape index (κ3) is 42.2. The first-order valence-corrected chi connectivity index (χ1v) is 36.9. The summed E-state index contributed by atoms with van der Waals surface area (Å²) in [6.07, 6.45) is 60.4. The van der Waals surface area contributed by atoms with E-state index in [9.17, 15) is 45.6 Å². The third-order valence-corrected chi connectivity index (χ3v) is 18.0. The SMILES string of the molecule is CCCCCCC/C=C\C/C=C\CCCCCCCCCCCCCCCCCCCCCCCC(=O)NC(COC1OC(CO)C(OC2OC(CO)C(O)C(O)C2O)C(O)C1O)C(O)/C=C/CC/C=C/CCCCCCCCCCCCCCCCC. The largest absolute Gasteiger partial charge is 0.394 e. The molecule has 0 bridgehead atoms. The van der Waals surface area contributed by atoms with Crippen LogP contribution in [0.3, 0.4) is 0 Å². The first-order chi connectivity index (χ1) is 43.1. The molecule has 0 aliphatic carbocycles. The van der Waals surface area contributed by atoms with Crippen molar-refractivity contribution in [3.05, 3.63) is 48.6 Å². The van der Waals surface area contributed by atoms with Gasteiger partial charge in [-0.3, -0.25) is 4.79 Å². The van der Waals surface area contributed by atoms with E-state index in [1.54, 1.807) is 6.08 Å². The lowest BCUT2D eigenvalue weighted by Gasteiger charge is -2.46. The lowest BCUT2D eigenvalue weighted by molar-refractivity contribution is -0.359. The van der Waals surface area contributed by atoms with Crippen LogP contribution in [0.15, 0.2) is 48.6 Å². The molecule has 0 saturated carbocycles. The lowest BCUT2D eigenvalue weighted by atomic mass is 9.97. The summed E-state index contributed by atoms with van der Waals surface area (Å²) in [5.41, 5.74) is 0. The molecule has 0 aromatic carbocycles. The van der Waals surface area contributed by atoms with Crippen LogP contribution in [0.2, 0.25) is 0 Å². The van der Waals surface area contributed by atoms with Crippen molar-refractivity contribution in [3.8, 4) is 0 Å². The van der Waals surface area contributed by atoms with Crippen LogP contribution in [0.1, 0.15) is 322 Å². The molecule has 1 amide bonds. The Morgan fingerprint density at radius 2 is 0.761 bits per heavy atom. The number of nitrogens with one attached hydrogen (secondary N) is 1. The van der Waals surface area contributed by atoms with Crippen molar-refractivity contribution in [1.29, 1.82) is 0 Å². The number of hydrogen-bond donors (Lipinski definition) is 9. The first-order valence-electron chi connectivity index (χ1n) is 36.9. The molecule has 14 nitrogen and oxygen atoms in total. The first kappa shape index (κ1) is 82.0. The Kier molecular flexibility index (Phi) is 54.8. The van der Waals surface area contributed by atoms with E-state index < -0.39 is 86.8 Å². The molecule has 12 unspecified atom stereocenters. The van der Waals surface area contributed by atoms with Crippen LogP contribution >= 0.6 is 0 Å². The van der Waals surface area contributed by atoms with Crippen molar-refractivity contribution in [1.82, 2.24) is 5.32 Å². The molecule has 2 saturated heterocycles.